The van der Waals surface area contributed by atoms with Crippen LogP contribution < -0.4 is 16.4 Å². The van der Waals surface area contributed by atoms with E-state index in [9.17, 15) is 22.8 Å². The number of aryl methyl sites for hydroxylation is 1. The number of anilines is 4. The van der Waals surface area contributed by atoms with Gasteiger partial charge in [0.25, 0.3) is 0 Å². The predicted molar refractivity (Wildman–Crippen MR) is 126 cm³/mol. The second-order valence-corrected chi connectivity index (χ2v) is 7.62. The first-order valence-electron chi connectivity index (χ1n) is 10.4. The van der Waals surface area contributed by atoms with Crippen molar-refractivity contribution in [3.63, 3.8) is 0 Å². The van der Waals surface area contributed by atoms with Gasteiger partial charge in [-0.1, -0.05) is 17.7 Å². The summed E-state index contributed by atoms with van der Waals surface area (Å²) in [7, 11) is 2.43. The van der Waals surface area contributed by atoms with Crippen LogP contribution >= 0.6 is 0 Å². The average Bonchev–Trinajstić information content (AvgIpc) is 2.84. The van der Waals surface area contributed by atoms with Crippen molar-refractivity contribution in [3.05, 3.63) is 82.4 Å². The first-order valence-corrected chi connectivity index (χ1v) is 10.4. The normalized spacial score (nSPS) is 11.1. The highest BCUT2D eigenvalue weighted by molar-refractivity contribution is 5.99. The number of methoxy groups -OCH3 is 2. The highest BCUT2D eigenvalue weighted by atomic mass is 19.4. The quantitative estimate of drug-likeness (QED) is 0.377. The molecule has 3 aromatic carbocycles. The van der Waals surface area contributed by atoms with Gasteiger partial charge in [-0.15, -0.1) is 0 Å². The number of hydrogen-bond acceptors (Lipinski definition) is 7. The number of rotatable bonds is 7. The van der Waals surface area contributed by atoms with E-state index in [1.807, 2.05) is 0 Å². The molecule has 0 heterocycles. The molecule has 7 nitrogen and oxygen atoms in total. The van der Waals surface area contributed by atoms with E-state index in [1.165, 1.54) is 32.4 Å². The zero-order valence-corrected chi connectivity index (χ0v) is 19.2. The van der Waals surface area contributed by atoms with Gasteiger partial charge in [-0.2, -0.15) is 13.2 Å². The van der Waals surface area contributed by atoms with Crippen LogP contribution in [0.15, 0.2) is 54.6 Å². The lowest BCUT2D eigenvalue weighted by molar-refractivity contribution is -0.137. The fourth-order valence-corrected chi connectivity index (χ4v) is 3.38. The lowest BCUT2D eigenvalue weighted by Crippen LogP contribution is -2.11. The summed E-state index contributed by atoms with van der Waals surface area (Å²) in [6.45, 7) is 1.95. The Bertz CT molecular complexity index is 1260. The van der Waals surface area contributed by atoms with Gasteiger partial charge in [-0.25, -0.2) is 9.59 Å². The van der Waals surface area contributed by atoms with Crippen LogP contribution in [0.1, 0.15) is 37.4 Å². The van der Waals surface area contributed by atoms with Crippen LogP contribution in [0.5, 0.6) is 0 Å². The Balaban J connectivity index is 2.12. The Morgan fingerprint density at radius 2 is 1.34 bits per heavy atom. The summed E-state index contributed by atoms with van der Waals surface area (Å²) in [4.78, 5) is 24.6. The van der Waals surface area contributed by atoms with Gasteiger partial charge in [-0.3, -0.25) is 0 Å². The number of ether oxygens (including phenoxy) is 2. The first kappa shape index (κ1) is 25.6. The summed E-state index contributed by atoms with van der Waals surface area (Å²) in [5.74, 6) is -1.29. The molecule has 0 saturated carbocycles. The molecule has 184 valence electrons. The van der Waals surface area contributed by atoms with Crippen molar-refractivity contribution >= 4 is 34.7 Å². The van der Waals surface area contributed by atoms with E-state index in [2.05, 4.69) is 10.6 Å². The van der Waals surface area contributed by atoms with Crippen molar-refractivity contribution in [2.24, 2.45) is 5.73 Å². The lowest BCUT2D eigenvalue weighted by Gasteiger charge is -2.19. The number of carbonyl (C=O) groups excluding carboxylic acids is 2. The minimum Gasteiger partial charge on any atom is -0.465 e. The standard InChI is InChI=1S/C25H24F3N3O4/c1-14-4-7-19(17(10-14)23(32)34-2)30-21-9-6-16(25(26,27)28)12-22(21)31-20-8-5-15(13-29)11-18(20)24(33)35-3/h4-12,30-31H,13,29H2,1-3H3. The van der Waals surface area contributed by atoms with Gasteiger partial charge in [-0.05, 0) is 55.0 Å². The smallest absolute Gasteiger partial charge is 0.416 e. The van der Waals surface area contributed by atoms with Gasteiger partial charge in [0.05, 0.1) is 53.7 Å². The van der Waals surface area contributed by atoms with Crippen molar-refractivity contribution in [1.29, 1.82) is 0 Å². The van der Waals surface area contributed by atoms with E-state index in [0.717, 1.165) is 17.7 Å². The molecule has 0 aliphatic rings. The van der Waals surface area contributed by atoms with Crippen molar-refractivity contribution in [2.45, 2.75) is 19.6 Å². The van der Waals surface area contributed by atoms with Crippen LogP contribution in [0.2, 0.25) is 0 Å². The molecular weight excluding hydrogens is 463 g/mol. The first-order chi connectivity index (χ1) is 16.6. The van der Waals surface area contributed by atoms with Gasteiger partial charge in [0.1, 0.15) is 0 Å². The number of nitrogens with one attached hydrogen (secondary N) is 2. The zero-order chi connectivity index (χ0) is 25.8. The number of benzene rings is 3. The molecule has 0 aromatic heterocycles. The second kappa shape index (κ2) is 10.5. The molecule has 0 unspecified atom stereocenters. The van der Waals surface area contributed by atoms with Crippen molar-refractivity contribution in [3.8, 4) is 0 Å². The van der Waals surface area contributed by atoms with E-state index in [-0.39, 0.29) is 34.7 Å². The lowest BCUT2D eigenvalue weighted by atomic mass is 10.1. The van der Waals surface area contributed by atoms with Gasteiger partial charge in [0.2, 0.25) is 0 Å². The maximum atomic E-state index is 13.5. The molecule has 0 radical (unpaired) electrons. The van der Waals surface area contributed by atoms with Gasteiger partial charge >= 0.3 is 18.1 Å². The molecule has 0 amide bonds. The molecule has 0 aliphatic heterocycles. The summed E-state index contributed by atoms with van der Waals surface area (Å²) in [6, 6.07) is 12.7. The van der Waals surface area contributed by atoms with Crippen LogP contribution in [-0.4, -0.2) is 26.2 Å². The van der Waals surface area contributed by atoms with E-state index in [4.69, 9.17) is 15.2 Å². The van der Waals surface area contributed by atoms with Crippen LogP contribution in [0, 0.1) is 6.92 Å². The molecule has 0 aliphatic carbocycles. The number of halogens is 3. The Morgan fingerprint density at radius 1 is 0.800 bits per heavy atom. The number of nitrogens with two attached hydrogens (primary N) is 1. The predicted octanol–water partition coefficient (Wildman–Crippen LogP) is 5.53. The topological polar surface area (TPSA) is 103 Å². The van der Waals surface area contributed by atoms with Gasteiger partial charge < -0.3 is 25.8 Å². The maximum absolute atomic E-state index is 13.5. The fraction of sp³-hybridized carbons (Fsp3) is 0.200. The average molecular weight is 487 g/mol. The van der Waals surface area contributed by atoms with Crippen LogP contribution in [-0.2, 0) is 22.2 Å². The Kier molecular flexibility index (Phi) is 7.65. The Morgan fingerprint density at radius 3 is 1.91 bits per heavy atom. The molecule has 10 heteroatoms. The molecule has 0 atom stereocenters. The maximum Gasteiger partial charge on any atom is 0.416 e. The number of hydrogen-bond donors (Lipinski definition) is 3. The van der Waals surface area contributed by atoms with E-state index >= 15 is 0 Å². The third-order valence-corrected chi connectivity index (χ3v) is 5.19. The van der Waals surface area contributed by atoms with Crippen LogP contribution in [0.4, 0.5) is 35.9 Å². The summed E-state index contributed by atoms with van der Waals surface area (Å²) < 4.78 is 50.1. The largest absolute Gasteiger partial charge is 0.465 e. The summed E-state index contributed by atoms with van der Waals surface area (Å²) in [6.07, 6.45) is -4.61. The molecule has 0 bridgehead atoms. The molecule has 0 spiro atoms. The molecule has 3 aromatic rings. The van der Waals surface area contributed by atoms with E-state index < -0.39 is 23.7 Å². The summed E-state index contributed by atoms with van der Waals surface area (Å²) >= 11 is 0. The second-order valence-electron chi connectivity index (χ2n) is 7.62. The minimum atomic E-state index is -4.61. The summed E-state index contributed by atoms with van der Waals surface area (Å²) in [5.41, 5.74) is 7.29. The monoisotopic (exact) mass is 487 g/mol. The van der Waals surface area contributed by atoms with Crippen molar-refractivity contribution in [1.82, 2.24) is 0 Å². The molecule has 4 N–H and O–H groups in total. The van der Waals surface area contributed by atoms with E-state index in [0.29, 0.717) is 11.3 Å². The van der Waals surface area contributed by atoms with Gasteiger partial charge in [0, 0.05) is 6.54 Å². The molecule has 0 saturated heterocycles. The van der Waals surface area contributed by atoms with Crippen molar-refractivity contribution in [2.75, 3.05) is 24.9 Å². The molecule has 35 heavy (non-hydrogen) atoms. The van der Waals surface area contributed by atoms with Crippen LogP contribution in [0.3, 0.4) is 0 Å². The molecule has 0 fully saturated rings. The Hall–Kier alpha value is -4.05. The third-order valence-electron chi connectivity index (χ3n) is 5.19. The number of alkyl halides is 3. The highest BCUT2D eigenvalue weighted by Gasteiger charge is 2.31. The fourth-order valence-electron chi connectivity index (χ4n) is 3.38. The third kappa shape index (κ3) is 5.90. The van der Waals surface area contributed by atoms with Crippen molar-refractivity contribution < 1.29 is 32.2 Å². The van der Waals surface area contributed by atoms with Crippen LogP contribution in [0.25, 0.3) is 0 Å². The summed E-state index contributed by atoms with van der Waals surface area (Å²) in [5, 5.41) is 5.90. The van der Waals surface area contributed by atoms with E-state index in [1.54, 1.807) is 31.2 Å². The Labute approximate surface area is 200 Å². The highest BCUT2D eigenvalue weighted by Crippen LogP contribution is 2.37. The number of esters is 2. The minimum absolute atomic E-state index is 0.0156. The SMILES string of the molecule is COC(=O)c1cc(C)ccc1Nc1ccc(C(F)(F)F)cc1Nc1ccc(CN)cc1C(=O)OC. The molecule has 3 rings (SSSR count). The van der Waals surface area contributed by atoms with Gasteiger partial charge in [0.15, 0.2) is 0 Å². The zero-order valence-electron chi connectivity index (χ0n) is 19.2. The molecular formula is C25H24F3N3O4. The number of carbonyl (C=O) groups is 2.